The summed E-state index contributed by atoms with van der Waals surface area (Å²) in [5, 5.41) is 17.2. The van der Waals surface area contributed by atoms with Crippen LogP contribution in [0.2, 0.25) is 0 Å². The third-order valence-electron chi connectivity index (χ3n) is 1.14. The van der Waals surface area contributed by atoms with E-state index < -0.39 is 12.2 Å². The molecule has 0 bridgehead atoms. The molecular formula is C7H12O3. The van der Waals surface area contributed by atoms with E-state index in [0.717, 1.165) is 0 Å². The molecule has 3 heteroatoms. The molecule has 10 heavy (non-hydrogen) atoms. The van der Waals surface area contributed by atoms with E-state index in [2.05, 4.69) is 18.0 Å². The highest BCUT2D eigenvalue weighted by Crippen LogP contribution is 2.03. The Morgan fingerprint density at radius 3 is 2.40 bits per heavy atom. The van der Waals surface area contributed by atoms with Gasteiger partial charge in [0.2, 0.25) is 0 Å². The number of hydrogen-bond acceptors (Lipinski definition) is 3. The van der Waals surface area contributed by atoms with Crippen LogP contribution in [0.5, 0.6) is 0 Å². The van der Waals surface area contributed by atoms with Gasteiger partial charge in [-0.15, -0.1) is 13.2 Å². The van der Waals surface area contributed by atoms with Gasteiger partial charge in [0.15, 0.2) is 0 Å². The zero-order valence-corrected chi connectivity index (χ0v) is 5.73. The quantitative estimate of drug-likeness (QED) is 0.343. The minimum atomic E-state index is -0.764. The van der Waals surface area contributed by atoms with Crippen molar-refractivity contribution in [2.45, 2.75) is 18.6 Å². The van der Waals surface area contributed by atoms with Crippen molar-refractivity contribution in [2.24, 2.45) is 0 Å². The summed E-state index contributed by atoms with van der Waals surface area (Å²) < 4.78 is 0. The van der Waals surface area contributed by atoms with Crippen molar-refractivity contribution in [1.29, 1.82) is 0 Å². The molecule has 0 aliphatic heterocycles. The summed E-state index contributed by atoms with van der Waals surface area (Å²) in [4.78, 5) is 3.90. The SMILES string of the molecule is C=CC[C@H](O)[C@H](C=C)OO. The monoisotopic (exact) mass is 144 g/mol. The first-order chi connectivity index (χ1) is 4.76. The average Bonchev–Trinajstić information content (AvgIpc) is 1.91. The highest BCUT2D eigenvalue weighted by molar-refractivity contribution is 4.88. The Morgan fingerprint density at radius 2 is 2.10 bits per heavy atom. The van der Waals surface area contributed by atoms with E-state index >= 15 is 0 Å². The molecule has 0 fully saturated rings. The van der Waals surface area contributed by atoms with Crippen molar-refractivity contribution < 1.29 is 15.3 Å². The van der Waals surface area contributed by atoms with Gasteiger partial charge in [-0.3, -0.25) is 5.26 Å². The van der Waals surface area contributed by atoms with Crippen LogP contribution in [0, 0.1) is 0 Å². The molecular weight excluding hydrogens is 132 g/mol. The zero-order chi connectivity index (χ0) is 7.98. The first-order valence-electron chi connectivity index (χ1n) is 2.98. The molecule has 0 aromatic heterocycles. The second kappa shape index (κ2) is 5.17. The van der Waals surface area contributed by atoms with Crippen LogP contribution >= 0.6 is 0 Å². The molecule has 0 saturated carbocycles. The molecule has 0 spiro atoms. The summed E-state index contributed by atoms with van der Waals surface area (Å²) >= 11 is 0. The van der Waals surface area contributed by atoms with Gasteiger partial charge in [0.25, 0.3) is 0 Å². The summed E-state index contributed by atoms with van der Waals surface area (Å²) in [5.41, 5.74) is 0. The van der Waals surface area contributed by atoms with Crippen molar-refractivity contribution in [3.63, 3.8) is 0 Å². The summed E-state index contributed by atoms with van der Waals surface area (Å²) in [7, 11) is 0. The Morgan fingerprint density at radius 1 is 1.50 bits per heavy atom. The van der Waals surface area contributed by atoms with Crippen LogP contribution in [0.3, 0.4) is 0 Å². The molecule has 2 atom stereocenters. The Balaban J connectivity index is 3.74. The molecule has 0 saturated heterocycles. The summed E-state index contributed by atoms with van der Waals surface area (Å²) in [5.74, 6) is 0. The molecule has 0 aromatic carbocycles. The number of aliphatic hydroxyl groups is 1. The Bertz CT molecular complexity index is 111. The van der Waals surface area contributed by atoms with Gasteiger partial charge in [-0.2, -0.15) is 0 Å². The van der Waals surface area contributed by atoms with Crippen LogP contribution in [-0.4, -0.2) is 22.6 Å². The van der Waals surface area contributed by atoms with E-state index in [4.69, 9.17) is 10.4 Å². The lowest BCUT2D eigenvalue weighted by atomic mass is 10.1. The van der Waals surface area contributed by atoms with Gasteiger partial charge in [0.1, 0.15) is 6.10 Å². The van der Waals surface area contributed by atoms with Crippen molar-refractivity contribution >= 4 is 0 Å². The zero-order valence-electron chi connectivity index (χ0n) is 5.73. The average molecular weight is 144 g/mol. The molecule has 0 aliphatic carbocycles. The largest absolute Gasteiger partial charge is 0.390 e. The second-order valence-corrected chi connectivity index (χ2v) is 1.90. The van der Waals surface area contributed by atoms with Crippen LogP contribution in [0.4, 0.5) is 0 Å². The number of rotatable bonds is 5. The first kappa shape index (κ1) is 9.36. The lowest BCUT2D eigenvalue weighted by molar-refractivity contribution is -0.282. The van der Waals surface area contributed by atoms with Crippen molar-refractivity contribution in [1.82, 2.24) is 0 Å². The normalized spacial score (nSPS) is 15.8. The fourth-order valence-electron chi connectivity index (χ4n) is 0.575. The summed E-state index contributed by atoms with van der Waals surface area (Å²) in [6, 6.07) is 0. The van der Waals surface area contributed by atoms with Gasteiger partial charge in [0, 0.05) is 0 Å². The Hall–Kier alpha value is -0.640. The highest BCUT2D eigenvalue weighted by Gasteiger charge is 2.13. The maximum atomic E-state index is 9.08. The molecule has 58 valence electrons. The van der Waals surface area contributed by atoms with Crippen molar-refractivity contribution in [3.8, 4) is 0 Å². The van der Waals surface area contributed by atoms with Gasteiger partial charge in [0.05, 0.1) is 6.10 Å². The lowest BCUT2D eigenvalue weighted by Crippen LogP contribution is -2.25. The maximum absolute atomic E-state index is 9.08. The van der Waals surface area contributed by atoms with E-state index in [-0.39, 0.29) is 0 Å². The molecule has 0 aliphatic rings. The first-order valence-corrected chi connectivity index (χ1v) is 2.98. The molecule has 0 aromatic rings. The van der Waals surface area contributed by atoms with Crippen LogP contribution < -0.4 is 0 Å². The summed E-state index contributed by atoms with van der Waals surface area (Å²) in [6.07, 6.45) is 1.75. The van der Waals surface area contributed by atoms with Gasteiger partial charge < -0.3 is 5.11 Å². The predicted molar refractivity (Wildman–Crippen MR) is 38.5 cm³/mol. The lowest BCUT2D eigenvalue weighted by Gasteiger charge is -2.13. The van der Waals surface area contributed by atoms with E-state index in [9.17, 15) is 0 Å². The smallest absolute Gasteiger partial charge is 0.137 e. The fraction of sp³-hybridized carbons (Fsp3) is 0.429. The number of aliphatic hydroxyl groups excluding tert-OH is 1. The van der Waals surface area contributed by atoms with Crippen LogP contribution in [0.25, 0.3) is 0 Å². The van der Waals surface area contributed by atoms with E-state index in [1.54, 1.807) is 6.08 Å². The van der Waals surface area contributed by atoms with Gasteiger partial charge in [-0.1, -0.05) is 12.2 Å². The van der Waals surface area contributed by atoms with Gasteiger partial charge in [-0.05, 0) is 6.42 Å². The number of hydrogen-bond donors (Lipinski definition) is 2. The topological polar surface area (TPSA) is 49.7 Å². The van der Waals surface area contributed by atoms with Crippen LogP contribution in [-0.2, 0) is 4.89 Å². The van der Waals surface area contributed by atoms with Crippen LogP contribution in [0.1, 0.15) is 6.42 Å². The third kappa shape index (κ3) is 2.77. The maximum Gasteiger partial charge on any atom is 0.137 e. The minimum absolute atomic E-state index is 0.372. The molecule has 0 heterocycles. The molecule has 0 amide bonds. The van der Waals surface area contributed by atoms with Crippen LogP contribution in [0.15, 0.2) is 25.3 Å². The Labute approximate surface area is 60.2 Å². The Kier molecular flexibility index (Phi) is 4.84. The molecule has 3 nitrogen and oxygen atoms in total. The van der Waals surface area contributed by atoms with E-state index in [0.29, 0.717) is 6.42 Å². The van der Waals surface area contributed by atoms with Gasteiger partial charge in [-0.25, -0.2) is 4.89 Å². The molecule has 0 radical (unpaired) electrons. The molecule has 2 N–H and O–H groups in total. The fourth-order valence-corrected chi connectivity index (χ4v) is 0.575. The van der Waals surface area contributed by atoms with Crippen molar-refractivity contribution in [3.05, 3.63) is 25.3 Å². The van der Waals surface area contributed by atoms with E-state index in [1.807, 2.05) is 0 Å². The second-order valence-electron chi connectivity index (χ2n) is 1.90. The van der Waals surface area contributed by atoms with Gasteiger partial charge >= 0.3 is 0 Å². The molecule has 0 rings (SSSR count). The van der Waals surface area contributed by atoms with E-state index in [1.165, 1.54) is 6.08 Å². The predicted octanol–water partition coefficient (Wildman–Crippen LogP) is 0.968. The highest BCUT2D eigenvalue weighted by atomic mass is 17.1. The third-order valence-corrected chi connectivity index (χ3v) is 1.14. The standard InChI is InChI=1S/C7H12O3/c1-3-5-6(8)7(4-2)10-9/h3-4,6-9H,1-2,5H2/t6-,7-/m0/s1. The molecule has 0 unspecified atom stereocenters. The summed E-state index contributed by atoms with van der Waals surface area (Å²) in [6.45, 7) is 6.78. The van der Waals surface area contributed by atoms with Crippen molar-refractivity contribution in [2.75, 3.05) is 0 Å². The minimum Gasteiger partial charge on any atom is -0.390 e.